The third-order valence-electron chi connectivity index (χ3n) is 5.30. The van der Waals surface area contributed by atoms with E-state index in [-0.39, 0.29) is 18.2 Å². The second kappa shape index (κ2) is 8.78. The van der Waals surface area contributed by atoms with Crippen molar-refractivity contribution < 1.29 is 9.59 Å². The number of amides is 2. The van der Waals surface area contributed by atoms with E-state index in [1.807, 2.05) is 60.7 Å². The molecule has 0 aliphatic carbocycles. The van der Waals surface area contributed by atoms with Gasteiger partial charge < -0.3 is 10.2 Å². The fraction of sp³-hybridized carbons (Fsp3) is 0.154. The van der Waals surface area contributed by atoms with Crippen molar-refractivity contribution in [2.45, 2.75) is 13.0 Å². The molecule has 1 N–H and O–H groups in total. The molecule has 4 aromatic carbocycles. The Balaban J connectivity index is 1.30. The van der Waals surface area contributed by atoms with Crippen molar-refractivity contribution in [1.82, 2.24) is 10.2 Å². The van der Waals surface area contributed by atoms with Crippen LogP contribution < -0.4 is 5.32 Å². The van der Waals surface area contributed by atoms with Crippen molar-refractivity contribution >= 4 is 33.4 Å². The van der Waals surface area contributed by atoms with Gasteiger partial charge in [0.1, 0.15) is 0 Å². The molecule has 0 aromatic heterocycles. The van der Waals surface area contributed by atoms with Gasteiger partial charge in [-0.2, -0.15) is 0 Å². The monoisotopic (exact) mass is 396 g/mol. The highest BCUT2D eigenvalue weighted by Gasteiger charge is 2.11. The molecule has 0 heterocycles. The van der Waals surface area contributed by atoms with Gasteiger partial charge in [0, 0.05) is 32.1 Å². The third kappa shape index (κ3) is 4.49. The van der Waals surface area contributed by atoms with E-state index in [1.54, 1.807) is 11.9 Å². The van der Waals surface area contributed by atoms with Gasteiger partial charge in [0.15, 0.2) is 0 Å². The molecule has 4 aromatic rings. The second-order valence-electron chi connectivity index (χ2n) is 7.50. The first-order chi connectivity index (χ1) is 14.6. The Labute approximate surface area is 176 Å². The molecule has 0 spiro atoms. The van der Waals surface area contributed by atoms with Gasteiger partial charge in [-0.3, -0.25) is 9.59 Å². The topological polar surface area (TPSA) is 49.4 Å². The summed E-state index contributed by atoms with van der Waals surface area (Å²) >= 11 is 0. The summed E-state index contributed by atoms with van der Waals surface area (Å²) in [6.45, 7) is 0.856. The van der Waals surface area contributed by atoms with Crippen LogP contribution in [0.25, 0.3) is 21.5 Å². The van der Waals surface area contributed by atoms with Crippen molar-refractivity contribution in [3.8, 4) is 0 Å². The van der Waals surface area contributed by atoms with Crippen LogP contribution in [0.1, 0.15) is 22.3 Å². The molecule has 2 amide bonds. The Kier molecular flexibility index (Phi) is 5.75. The summed E-state index contributed by atoms with van der Waals surface area (Å²) in [6.07, 6.45) is 0.267. The first kappa shape index (κ1) is 19.6. The quantitative estimate of drug-likeness (QED) is 0.510. The average Bonchev–Trinajstić information content (AvgIpc) is 2.78. The first-order valence-corrected chi connectivity index (χ1v) is 10.1. The van der Waals surface area contributed by atoms with Crippen LogP contribution >= 0.6 is 0 Å². The van der Waals surface area contributed by atoms with Crippen molar-refractivity contribution in [1.29, 1.82) is 0 Å². The van der Waals surface area contributed by atoms with E-state index in [4.69, 9.17) is 0 Å². The lowest BCUT2D eigenvalue weighted by Gasteiger charge is -2.18. The van der Waals surface area contributed by atoms with Crippen LogP contribution in [0.2, 0.25) is 0 Å². The summed E-state index contributed by atoms with van der Waals surface area (Å²) < 4.78 is 0. The minimum Gasteiger partial charge on any atom is -0.352 e. The molecule has 30 heavy (non-hydrogen) atoms. The van der Waals surface area contributed by atoms with Crippen molar-refractivity contribution in [3.63, 3.8) is 0 Å². The van der Waals surface area contributed by atoms with Crippen LogP contribution in [0.5, 0.6) is 0 Å². The molecule has 0 saturated heterocycles. The number of carbonyl (C=O) groups excluding carboxylic acids is 2. The van der Waals surface area contributed by atoms with E-state index in [9.17, 15) is 9.59 Å². The average molecular weight is 396 g/mol. The van der Waals surface area contributed by atoms with E-state index in [1.165, 1.54) is 10.8 Å². The smallest absolute Gasteiger partial charge is 0.251 e. The molecular weight excluding hydrogens is 372 g/mol. The van der Waals surface area contributed by atoms with Gasteiger partial charge in [-0.05, 0) is 45.3 Å². The first-order valence-electron chi connectivity index (χ1n) is 10.1. The van der Waals surface area contributed by atoms with Crippen molar-refractivity contribution in [2.75, 3.05) is 13.6 Å². The molecule has 0 aliphatic rings. The fourth-order valence-corrected chi connectivity index (χ4v) is 3.61. The van der Waals surface area contributed by atoms with Crippen molar-refractivity contribution in [2.24, 2.45) is 0 Å². The molecule has 0 fully saturated rings. The molecule has 4 heteroatoms. The fourth-order valence-electron chi connectivity index (χ4n) is 3.61. The van der Waals surface area contributed by atoms with E-state index in [2.05, 4.69) is 29.6 Å². The van der Waals surface area contributed by atoms with E-state index in [0.717, 1.165) is 16.3 Å². The highest BCUT2D eigenvalue weighted by molar-refractivity contribution is 5.98. The number of nitrogens with zero attached hydrogens (tertiary/aromatic N) is 1. The number of hydrogen-bond donors (Lipinski definition) is 1. The summed E-state index contributed by atoms with van der Waals surface area (Å²) in [5.41, 5.74) is 1.69. The summed E-state index contributed by atoms with van der Waals surface area (Å²) in [7, 11) is 1.79. The van der Waals surface area contributed by atoms with E-state index in [0.29, 0.717) is 18.7 Å². The number of hydrogen-bond acceptors (Lipinski definition) is 2. The van der Waals surface area contributed by atoms with Gasteiger partial charge in [-0.15, -0.1) is 0 Å². The molecule has 0 aliphatic heterocycles. The Morgan fingerprint density at radius 3 is 2.07 bits per heavy atom. The third-order valence-corrected chi connectivity index (χ3v) is 5.30. The number of fused-ring (bicyclic) bond motifs is 2. The molecule has 0 saturated carbocycles. The van der Waals surface area contributed by atoms with Crippen LogP contribution in [0.3, 0.4) is 0 Å². The summed E-state index contributed by atoms with van der Waals surface area (Å²) in [5.74, 6) is -0.160. The second-order valence-corrected chi connectivity index (χ2v) is 7.50. The highest BCUT2D eigenvalue weighted by atomic mass is 16.2. The van der Waals surface area contributed by atoms with Crippen LogP contribution in [0.4, 0.5) is 0 Å². The summed E-state index contributed by atoms with van der Waals surface area (Å²) in [5, 5.41) is 7.32. The Morgan fingerprint density at radius 1 is 0.767 bits per heavy atom. The summed E-state index contributed by atoms with van der Waals surface area (Å²) in [4.78, 5) is 26.6. The van der Waals surface area contributed by atoms with Crippen LogP contribution in [0, 0.1) is 0 Å². The molecule has 4 rings (SSSR count). The number of nitrogens with one attached hydrogen (secondary N) is 1. The Bertz CT molecular complexity index is 1220. The van der Waals surface area contributed by atoms with Crippen LogP contribution in [-0.2, 0) is 11.3 Å². The van der Waals surface area contributed by atoms with Crippen molar-refractivity contribution in [3.05, 3.63) is 96.1 Å². The lowest BCUT2D eigenvalue weighted by molar-refractivity contribution is -0.130. The van der Waals surface area contributed by atoms with Gasteiger partial charge in [0.05, 0.1) is 0 Å². The lowest BCUT2D eigenvalue weighted by atomic mass is 10.1. The number of benzene rings is 4. The molecule has 0 radical (unpaired) electrons. The minimum atomic E-state index is -0.161. The lowest BCUT2D eigenvalue weighted by Crippen LogP contribution is -2.31. The molecule has 150 valence electrons. The number of carbonyl (C=O) groups is 2. The molecule has 0 unspecified atom stereocenters. The normalized spacial score (nSPS) is 10.8. The maximum Gasteiger partial charge on any atom is 0.251 e. The molecule has 4 nitrogen and oxygen atoms in total. The zero-order chi connectivity index (χ0) is 20.9. The SMILES string of the molecule is CN(Cc1ccc2ccccc2c1)C(=O)CCNC(=O)c1ccc2ccccc2c1. The predicted molar refractivity (Wildman–Crippen MR) is 121 cm³/mol. The van der Waals surface area contributed by atoms with Crippen LogP contribution in [0.15, 0.2) is 84.9 Å². The van der Waals surface area contributed by atoms with Gasteiger partial charge >= 0.3 is 0 Å². The predicted octanol–water partition coefficient (Wildman–Crippen LogP) is 4.77. The molecule has 0 atom stereocenters. The molecule has 0 bridgehead atoms. The van der Waals surface area contributed by atoms with Gasteiger partial charge in [-0.25, -0.2) is 0 Å². The van der Waals surface area contributed by atoms with Crippen LogP contribution in [-0.4, -0.2) is 30.3 Å². The largest absolute Gasteiger partial charge is 0.352 e. The maximum atomic E-state index is 12.5. The van der Waals surface area contributed by atoms with Gasteiger partial charge in [0.2, 0.25) is 5.91 Å². The zero-order valence-corrected chi connectivity index (χ0v) is 17.0. The zero-order valence-electron chi connectivity index (χ0n) is 17.0. The standard InChI is InChI=1S/C26H24N2O2/c1-28(18-19-10-11-20-6-2-4-8-22(20)16-19)25(29)14-15-27-26(30)24-13-12-21-7-3-5-9-23(21)17-24/h2-13,16-17H,14-15,18H2,1H3,(H,27,30). The van der Waals surface area contributed by atoms with E-state index >= 15 is 0 Å². The summed E-state index contributed by atoms with van der Waals surface area (Å²) in [6, 6.07) is 28.0. The molecular formula is C26H24N2O2. The van der Waals surface area contributed by atoms with E-state index < -0.39 is 0 Å². The Hall–Kier alpha value is -3.66. The van der Waals surface area contributed by atoms with Gasteiger partial charge in [0.25, 0.3) is 5.91 Å². The number of rotatable bonds is 6. The van der Waals surface area contributed by atoms with Gasteiger partial charge in [-0.1, -0.05) is 66.7 Å². The maximum absolute atomic E-state index is 12.5. The minimum absolute atomic E-state index is 0.00182. The Morgan fingerprint density at radius 2 is 1.37 bits per heavy atom. The highest BCUT2D eigenvalue weighted by Crippen LogP contribution is 2.17.